The molecule has 17 heavy (non-hydrogen) atoms. The SMILES string of the molecule is CS(=O)(=O)CC(=O)Nc1ccc(C(N)=S)cc1. The first-order valence-corrected chi connectivity index (χ1v) is 7.12. The molecule has 1 rings (SSSR count). The quantitative estimate of drug-likeness (QED) is 0.770. The highest BCUT2D eigenvalue weighted by Crippen LogP contribution is 2.09. The molecule has 0 spiro atoms. The zero-order valence-electron chi connectivity index (χ0n) is 9.14. The molecule has 0 aromatic heterocycles. The molecule has 5 nitrogen and oxygen atoms in total. The molecular weight excluding hydrogens is 260 g/mol. The van der Waals surface area contributed by atoms with E-state index in [1.54, 1.807) is 24.3 Å². The number of amides is 1. The molecule has 0 saturated carbocycles. The number of hydrogen-bond acceptors (Lipinski definition) is 4. The Balaban J connectivity index is 2.70. The molecule has 0 aliphatic heterocycles. The van der Waals surface area contributed by atoms with Crippen molar-refractivity contribution in [3.63, 3.8) is 0 Å². The molecule has 7 heteroatoms. The van der Waals surface area contributed by atoms with Crippen molar-refractivity contribution in [1.82, 2.24) is 0 Å². The van der Waals surface area contributed by atoms with Crippen molar-refractivity contribution in [3.8, 4) is 0 Å². The average Bonchev–Trinajstić information content (AvgIpc) is 2.15. The average molecular weight is 272 g/mol. The second-order valence-corrected chi connectivity index (χ2v) is 6.14. The van der Waals surface area contributed by atoms with Gasteiger partial charge in [-0.15, -0.1) is 0 Å². The van der Waals surface area contributed by atoms with Crippen LogP contribution in [0.2, 0.25) is 0 Å². The van der Waals surface area contributed by atoms with E-state index < -0.39 is 21.5 Å². The lowest BCUT2D eigenvalue weighted by Gasteiger charge is -2.05. The van der Waals surface area contributed by atoms with Gasteiger partial charge >= 0.3 is 0 Å². The Bertz CT molecular complexity index is 535. The molecule has 0 atom stereocenters. The molecule has 1 aromatic rings. The fourth-order valence-electron chi connectivity index (χ4n) is 1.15. The summed E-state index contributed by atoms with van der Waals surface area (Å²) in [6, 6.07) is 6.51. The maximum absolute atomic E-state index is 11.3. The van der Waals surface area contributed by atoms with Crippen LogP contribution in [0.1, 0.15) is 5.56 Å². The number of sulfone groups is 1. The van der Waals surface area contributed by atoms with Crippen LogP contribution in [-0.2, 0) is 14.6 Å². The number of nitrogens with one attached hydrogen (secondary N) is 1. The molecule has 1 amide bonds. The number of nitrogens with two attached hydrogens (primary N) is 1. The first-order valence-electron chi connectivity index (χ1n) is 4.65. The summed E-state index contributed by atoms with van der Waals surface area (Å²) in [7, 11) is -3.32. The summed E-state index contributed by atoms with van der Waals surface area (Å²) in [6.45, 7) is 0. The minimum absolute atomic E-state index is 0.263. The van der Waals surface area contributed by atoms with Crippen molar-refractivity contribution in [2.45, 2.75) is 0 Å². The minimum atomic E-state index is -3.32. The number of thiocarbonyl (C=S) groups is 1. The van der Waals surface area contributed by atoms with Crippen LogP contribution in [0.4, 0.5) is 5.69 Å². The molecule has 0 unspecified atom stereocenters. The Morgan fingerprint density at radius 1 is 1.35 bits per heavy atom. The summed E-state index contributed by atoms with van der Waals surface area (Å²) in [5.74, 6) is -1.11. The Morgan fingerprint density at radius 3 is 2.29 bits per heavy atom. The lowest BCUT2D eigenvalue weighted by atomic mass is 10.2. The lowest BCUT2D eigenvalue weighted by Crippen LogP contribution is -2.21. The zero-order chi connectivity index (χ0) is 13.1. The van der Waals surface area contributed by atoms with Gasteiger partial charge in [-0.3, -0.25) is 4.79 Å². The Morgan fingerprint density at radius 2 is 1.88 bits per heavy atom. The van der Waals surface area contributed by atoms with Crippen LogP contribution in [0.15, 0.2) is 24.3 Å². The molecule has 0 aliphatic carbocycles. The molecule has 0 radical (unpaired) electrons. The first-order chi connectivity index (χ1) is 7.78. The van der Waals surface area contributed by atoms with Gasteiger partial charge in [0.05, 0.1) is 0 Å². The Hall–Kier alpha value is -1.47. The number of benzene rings is 1. The molecule has 3 N–H and O–H groups in total. The summed E-state index contributed by atoms with van der Waals surface area (Å²) in [5.41, 5.74) is 6.59. The van der Waals surface area contributed by atoms with E-state index in [2.05, 4.69) is 5.32 Å². The number of hydrogen-bond donors (Lipinski definition) is 2. The van der Waals surface area contributed by atoms with E-state index in [1.165, 1.54) is 0 Å². The van der Waals surface area contributed by atoms with Crippen LogP contribution >= 0.6 is 12.2 Å². The van der Waals surface area contributed by atoms with Crippen molar-refractivity contribution in [2.75, 3.05) is 17.3 Å². The molecule has 0 aliphatic rings. The highest BCUT2D eigenvalue weighted by Gasteiger charge is 2.10. The van der Waals surface area contributed by atoms with Crippen LogP contribution in [0, 0.1) is 0 Å². The zero-order valence-corrected chi connectivity index (χ0v) is 10.8. The fourth-order valence-corrected chi connectivity index (χ4v) is 1.84. The van der Waals surface area contributed by atoms with Crippen molar-refractivity contribution < 1.29 is 13.2 Å². The molecule has 92 valence electrons. The largest absolute Gasteiger partial charge is 0.389 e. The van der Waals surface area contributed by atoms with E-state index in [0.717, 1.165) is 6.26 Å². The molecule has 0 fully saturated rings. The van der Waals surface area contributed by atoms with E-state index in [0.29, 0.717) is 11.3 Å². The van der Waals surface area contributed by atoms with Crippen LogP contribution in [-0.4, -0.2) is 31.3 Å². The molecular formula is C10H12N2O3S2. The fraction of sp³-hybridized carbons (Fsp3) is 0.200. The number of carbonyl (C=O) groups excluding carboxylic acids is 1. The molecule has 0 heterocycles. The van der Waals surface area contributed by atoms with Crippen molar-refractivity contribution in [1.29, 1.82) is 0 Å². The summed E-state index contributed by atoms with van der Waals surface area (Å²) in [4.78, 5) is 11.6. The van der Waals surface area contributed by atoms with E-state index in [4.69, 9.17) is 18.0 Å². The maximum atomic E-state index is 11.3. The predicted molar refractivity (Wildman–Crippen MR) is 70.7 cm³/mol. The van der Waals surface area contributed by atoms with Gasteiger partial charge < -0.3 is 11.1 Å². The van der Waals surface area contributed by atoms with Crippen LogP contribution in [0.3, 0.4) is 0 Å². The van der Waals surface area contributed by atoms with Crippen molar-refractivity contribution in [2.24, 2.45) is 5.73 Å². The van der Waals surface area contributed by atoms with Gasteiger partial charge in [-0.05, 0) is 24.3 Å². The lowest BCUT2D eigenvalue weighted by molar-refractivity contribution is -0.113. The number of rotatable bonds is 4. The van der Waals surface area contributed by atoms with E-state index in [-0.39, 0.29) is 4.99 Å². The standard InChI is InChI=1S/C10H12N2O3S2/c1-17(14,15)6-9(13)12-8-4-2-7(3-5-8)10(11)16/h2-5H,6H2,1H3,(H2,11,16)(H,12,13). The van der Waals surface area contributed by atoms with E-state index >= 15 is 0 Å². The minimum Gasteiger partial charge on any atom is -0.389 e. The third kappa shape index (κ3) is 4.92. The Kier molecular flexibility index (Phi) is 4.19. The van der Waals surface area contributed by atoms with Crippen molar-refractivity contribution >= 4 is 38.6 Å². The van der Waals surface area contributed by atoms with E-state index in [1.807, 2.05) is 0 Å². The van der Waals surface area contributed by atoms with Crippen LogP contribution < -0.4 is 11.1 Å². The second kappa shape index (κ2) is 5.24. The van der Waals surface area contributed by atoms with Crippen LogP contribution in [0.5, 0.6) is 0 Å². The molecule has 0 saturated heterocycles. The second-order valence-electron chi connectivity index (χ2n) is 3.56. The summed E-state index contributed by atoms with van der Waals surface area (Å²) >= 11 is 4.78. The van der Waals surface area contributed by atoms with Gasteiger partial charge in [0.2, 0.25) is 5.91 Å². The summed E-state index contributed by atoms with van der Waals surface area (Å²) in [5, 5.41) is 2.46. The van der Waals surface area contributed by atoms with Gasteiger partial charge in [0.25, 0.3) is 0 Å². The van der Waals surface area contributed by atoms with Crippen molar-refractivity contribution in [3.05, 3.63) is 29.8 Å². The number of carbonyl (C=O) groups is 1. The molecule has 0 bridgehead atoms. The highest BCUT2D eigenvalue weighted by molar-refractivity contribution is 7.91. The normalized spacial score (nSPS) is 10.9. The highest BCUT2D eigenvalue weighted by atomic mass is 32.2. The number of anilines is 1. The Labute approximate surface area is 105 Å². The van der Waals surface area contributed by atoms with Gasteiger partial charge in [-0.25, -0.2) is 8.42 Å². The summed E-state index contributed by atoms with van der Waals surface area (Å²) < 4.78 is 21.8. The van der Waals surface area contributed by atoms with E-state index in [9.17, 15) is 13.2 Å². The third-order valence-electron chi connectivity index (χ3n) is 1.85. The molecule has 1 aromatic carbocycles. The van der Waals surface area contributed by atoms with Gasteiger partial charge in [0.15, 0.2) is 9.84 Å². The summed E-state index contributed by atoms with van der Waals surface area (Å²) in [6.07, 6.45) is 1.00. The van der Waals surface area contributed by atoms with Gasteiger partial charge in [0.1, 0.15) is 10.7 Å². The van der Waals surface area contributed by atoms with Gasteiger partial charge in [-0.2, -0.15) is 0 Å². The third-order valence-corrected chi connectivity index (χ3v) is 2.87. The van der Waals surface area contributed by atoms with Gasteiger partial charge in [-0.1, -0.05) is 12.2 Å². The topological polar surface area (TPSA) is 89.3 Å². The predicted octanol–water partition coefficient (Wildman–Crippen LogP) is 0.304. The first kappa shape index (κ1) is 13.6. The van der Waals surface area contributed by atoms with Gasteiger partial charge in [0, 0.05) is 17.5 Å². The monoisotopic (exact) mass is 272 g/mol. The maximum Gasteiger partial charge on any atom is 0.239 e. The van der Waals surface area contributed by atoms with Crippen LogP contribution in [0.25, 0.3) is 0 Å². The smallest absolute Gasteiger partial charge is 0.239 e.